The third-order valence-corrected chi connectivity index (χ3v) is 4.47. The molecule has 0 fully saturated rings. The lowest BCUT2D eigenvalue weighted by Crippen LogP contribution is -2.28. The lowest BCUT2D eigenvalue weighted by atomic mass is 10.1. The topological polar surface area (TPSA) is 52.5 Å². The van der Waals surface area contributed by atoms with E-state index in [4.69, 9.17) is 0 Å². The van der Waals surface area contributed by atoms with E-state index >= 15 is 0 Å². The van der Waals surface area contributed by atoms with Gasteiger partial charge in [-0.1, -0.05) is 36.8 Å². The summed E-state index contributed by atoms with van der Waals surface area (Å²) in [7, 11) is 3.92. The first-order valence-corrected chi connectivity index (χ1v) is 8.23. The van der Waals surface area contributed by atoms with E-state index in [2.05, 4.69) is 21.2 Å². The number of aliphatic hydroxyl groups is 1. The molecule has 0 aliphatic carbocycles. The monoisotopic (exact) mass is 320 g/mol. The van der Waals surface area contributed by atoms with Crippen LogP contribution in [0.5, 0.6) is 0 Å². The van der Waals surface area contributed by atoms with E-state index in [1.54, 1.807) is 0 Å². The van der Waals surface area contributed by atoms with Crippen LogP contribution in [0.2, 0.25) is 0 Å². The van der Waals surface area contributed by atoms with Crippen molar-refractivity contribution in [3.8, 4) is 0 Å². The molecule has 1 aromatic carbocycles. The van der Waals surface area contributed by atoms with Gasteiger partial charge < -0.3 is 10.0 Å². The number of aliphatic hydroxyl groups excluding tert-OH is 1. The van der Waals surface area contributed by atoms with Gasteiger partial charge in [0.1, 0.15) is 0 Å². The van der Waals surface area contributed by atoms with Gasteiger partial charge in [-0.3, -0.25) is 4.90 Å². The number of aryl methyl sites for hydroxylation is 1. The summed E-state index contributed by atoms with van der Waals surface area (Å²) < 4.78 is 4.38. The maximum atomic E-state index is 10.4. The molecule has 1 aromatic heterocycles. The molecule has 22 heavy (non-hydrogen) atoms. The van der Waals surface area contributed by atoms with Gasteiger partial charge in [0.25, 0.3) is 0 Å². The molecule has 2 rings (SSSR count). The van der Waals surface area contributed by atoms with Crippen LogP contribution in [0.1, 0.15) is 30.0 Å². The molecule has 5 nitrogen and oxygen atoms in total. The Hall–Kier alpha value is -1.50. The van der Waals surface area contributed by atoms with Crippen LogP contribution in [0.3, 0.4) is 0 Å². The van der Waals surface area contributed by atoms with Gasteiger partial charge in [0.05, 0.1) is 12.6 Å². The lowest BCUT2D eigenvalue weighted by Gasteiger charge is -2.22. The van der Waals surface area contributed by atoms with Gasteiger partial charge in [-0.2, -0.15) is 4.37 Å². The van der Waals surface area contributed by atoms with Crippen LogP contribution < -0.4 is 4.90 Å². The highest BCUT2D eigenvalue weighted by atomic mass is 32.1. The van der Waals surface area contributed by atoms with E-state index in [-0.39, 0.29) is 0 Å². The van der Waals surface area contributed by atoms with E-state index in [1.165, 1.54) is 17.1 Å². The second-order valence-corrected chi connectivity index (χ2v) is 6.37. The van der Waals surface area contributed by atoms with Crippen LogP contribution in [0.25, 0.3) is 0 Å². The van der Waals surface area contributed by atoms with E-state index in [0.717, 1.165) is 23.1 Å². The SMILES string of the molecule is CCN(Cc1nsc(N(C)C)n1)CC(O)c1ccc(C)cc1. The first-order chi connectivity index (χ1) is 10.5. The minimum atomic E-state index is -0.493. The van der Waals surface area contributed by atoms with Crippen molar-refractivity contribution in [2.45, 2.75) is 26.5 Å². The zero-order valence-electron chi connectivity index (χ0n) is 13.7. The molecule has 0 spiro atoms. The Bertz CT molecular complexity index is 582. The average Bonchev–Trinajstić information content (AvgIpc) is 2.96. The number of rotatable bonds is 7. The maximum Gasteiger partial charge on any atom is 0.204 e. The van der Waals surface area contributed by atoms with Gasteiger partial charge in [-0.25, -0.2) is 4.98 Å². The Balaban J connectivity index is 1.97. The van der Waals surface area contributed by atoms with Crippen molar-refractivity contribution in [1.29, 1.82) is 0 Å². The van der Waals surface area contributed by atoms with E-state index < -0.39 is 6.10 Å². The minimum Gasteiger partial charge on any atom is -0.387 e. The van der Waals surface area contributed by atoms with Gasteiger partial charge in [0, 0.05) is 32.2 Å². The zero-order chi connectivity index (χ0) is 16.1. The van der Waals surface area contributed by atoms with Crippen molar-refractivity contribution >= 4 is 16.7 Å². The van der Waals surface area contributed by atoms with Gasteiger partial charge in [-0.15, -0.1) is 0 Å². The summed E-state index contributed by atoms with van der Waals surface area (Å²) in [4.78, 5) is 8.61. The largest absolute Gasteiger partial charge is 0.387 e. The smallest absolute Gasteiger partial charge is 0.204 e. The van der Waals surface area contributed by atoms with Crippen molar-refractivity contribution in [3.05, 3.63) is 41.2 Å². The van der Waals surface area contributed by atoms with Crippen molar-refractivity contribution in [1.82, 2.24) is 14.3 Å². The Morgan fingerprint density at radius 1 is 1.23 bits per heavy atom. The van der Waals surface area contributed by atoms with Gasteiger partial charge in [0.15, 0.2) is 5.82 Å². The number of benzene rings is 1. The quantitative estimate of drug-likeness (QED) is 0.849. The second kappa shape index (κ2) is 7.67. The van der Waals surface area contributed by atoms with Crippen molar-refractivity contribution in [3.63, 3.8) is 0 Å². The number of aromatic nitrogens is 2. The summed E-state index contributed by atoms with van der Waals surface area (Å²) in [5.74, 6) is 0.812. The first kappa shape index (κ1) is 16.9. The molecule has 1 atom stereocenters. The Morgan fingerprint density at radius 2 is 1.91 bits per heavy atom. The van der Waals surface area contributed by atoms with Crippen LogP contribution in [-0.4, -0.2) is 46.5 Å². The molecule has 2 aromatic rings. The average molecular weight is 320 g/mol. The van der Waals surface area contributed by atoms with E-state index in [1.807, 2.05) is 50.2 Å². The Morgan fingerprint density at radius 3 is 2.45 bits per heavy atom. The third-order valence-electron chi connectivity index (χ3n) is 3.55. The molecule has 120 valence electrons. The summed E-state index contributed by atoms with van der Waals surface area (Å²) in [5, 5.41) is 11.3. The zero-order valence-corrected chi connectivity index (χ0v) is 14.5. The molecule has 0 radical (unpaired) electrons. The van der Waals surface area contributed by atoms with Crippen molar-refractivity contribution in [2.24, 2.45) is 0 Å². The highest BCUT2D eigenvalue weighted by Crippen LogP contribution is 2.18. The van der Waals surface area contributed by atoms with E-state index in [9.17, 15) is 5.11 Å². The second-order valence-electron chi connectivity index (χ2n) is 5.64. The highest BCUT2D eigenvalue weighted by molar-refractivity contribution is 7.09. The molecule has 0 amide bonds. The van der Waals surface area contributed by atoms with Gasteiger partial charge in [0.2, 0.25) is 5.13 Å². The normalized spacial score (nSPS) is 12.6. The number of likely N-dealkylation sites (N-methyl/N-ethyl adjacent to an activating group) is 1. The maximum absolute atomic E-state index is 10.4. The summed E-state index contributed by atoms with van der Waals surface area (Å²) in [6, 6.07) is 8.03. The molecule has 0 aliphatic rings. The van der Waals surface area contributed by atoms with E-state index in [0.29, 0.717) is 13.1 Å². The highest BCUT2D eigenvalue weighted by Gasteiger charge is 2.15. The molecule has 1 unspecified atom stereocenters. The van der Waals surface area contributed by atoms with Crippen LogP contribution in [-0.2, 0) is 6.54 Å². The van der Waals surface area contributed by atoms with Gasteiger partial charge in [-0.05, 0) is 19.0 Å². The Kier molecular flexibility index (Phi) is 5.88. The lowest BCUT2D eigenvalue weighted by molar-refractivity contribution is 0.111. The fraction of sp³-hybridized carbons (Fsp3) is 0.500. The summed E-state index contributed by atoms with van der Waals surface area (Å²) in [6.45, 7) is 6.21. The van der Waals surface area contributed by atoms with Crippen LogP contribution in [0.4, 0.5) is 5.13 Å². The molecule has 0 saturated carbocycles. The fourth-order valence-electron chi connectivity index (χ4n) is 2.13. The van der Waals surface area contributed by atoms with Crippen molar-refractivity contribution < 1.29 is 5.11 Å². The summed E-state index contributed by atoms with van der Waals surface area (Å²) >= 11 is 1.40. The standard InChI is InChI=1S/C16H24N4OS/c1-5-20(11-15-17-16(19(3)4)22-18-15)10-14(21)13-8-6-12(2)7-9-13/h6-9,14,21H,5,10-11H2,1-4H3. The molecule has 1 heterocycles. The van der Waals surface area contributed by atoms with Crippen LogP contribution >= 0.6 is 11.5 Å². The third kappa shape index (κ3) is 4.50. The summed E-state index contributed by atoms with van der Waals surface area (Å²) in [6.07, 6.45) is -0.493. The molecular weight excluding hydrogens is 296 g/mol. The van der Waals surface area contributed by atoms with Gasteiger partial charge >= 0.3 is 0 Å². The molecular formula is C16H24N4OS. The van der Waals surface area contributed by atoms with Crippen molar-refractivity contribution in [2.75, 3.05) is 32.1 Å². The molecule has 0 saturated heterocycles. The minimum absolute atomic E-state index is 0.493. The predicted octanol–water partition coefficient (Wildman–Crippen LogP) is 2.47. The molecule has 0 aliphatic heterocycles. The summed E-state index contributed by atoms with van der Waals surface area (Å²) in [5.41, 5.74) is 2.15. The fourth-order valence-corrected chi connectivity index (χ4v) is 2.73. The number of nitrogens with zero attached hydrogens (tertiary/aromatic N) is 4. The molecule has 1 N–H and O–H groups in total. The number of anilines is 1. The first-order valence-electron chi connectivity index (χ1n) is 7.46. The molecule has 0 bridgehead atoms. The predicted molar refractivity (Wildman–Crippen MR) is 91.3 cm³/mol. The number of hydrogen-bond donors (Lipinski definition) is 1. The number of hydrogen-bond acceptors (Lipinski definition) is 6. The van der Waals surface area contributed by atoms with Crippen LogP contribution in [0, 0.1) is 6.92 Å². The van der Waals surface area contributed by atoms with Crippen LogP contribution in [0.15, 0.2) is 24.3 Å². The molecule has 6 heteroatoms. The Labute approximate surface area is 136 Å².